The fourth-order valence-corrected chi connectivity index (χ4v) is 2.44. The molecule has 0 aromatic heterocycles. The minimum atomic E-state index is -1.09. The lowest BCUT2D eigenvalue weighted by atomic mass is 9.78. The van der Waals surface area contributed by atoms with E-state index in [1.165, 1.54) is 7.11 Å². The molecule has 1 unspecified atom stereocenters. The quantitative estimate of drug-likeness (QED) is 0.811. The van der Waals surface area contributed by atoms with E-state index in [0.29, 0.717) is 0 Å². The van der Waals surface area contributed by atoms with Gasteiger partial charge in [-0.05, 0) is 38.7 Å². The molecule has 1 heterocycles. The summed E-state index contributed by atoms with van der Waals surface area (Å²) in [5, 5.41) is 11.4. The summed E-state index contributed by atoms with van der Waals surface area (Å²) in [4.78, 5) is 11.0. The van der Waals surface area contributed by atoms with Crippen LogP contribution in [0.4, 0.5) is 4.79 Å². The summed E-state index contributed by atoms with van der Waals surface area (Å²) in [7, 11) is 1.06. The number of ether oxygens (including phenoxy) is 1. The predicted octanol–water partition coefficient (Wildman–Crippen LogP) is 1.94. The zero-order valence-electron chi connectivity index (χ0n) is 14.3. The first-order valence-corrected chi connectivity index (χ1v) is 7.60. The maximum absolute atomic E-state index is 11.0. The third-order valence-corrected chi connectivity index (χ3v) is 4.47. The molecular weight excluding hydrogens is 297 g/mol. The predicted molar refractivity (Wildman–Crippen MR) is 87.9 cm³/mol. The lowest BCUT2D eigenvalue weighted by molar-refractivity contribution is 0.00578. The monoisotopic (exact) mass is 321 g/mol. The van der Waals surface area contributed by atoms with Gasteiger partial charge in [-0.3, -0.25) is 0 Å². The van der Waals surface area contributed by atoms with Crippen molar-refractivity contribution in [1.82, 2.24) is 5.32 Å². The molecule has 23 heavy (non-hydrogen) atoms. The Labute approximate surface area is 137 Å². The molecule has 1 aliphatic rings. The van der Waals surface area contributed by atoms with Crippen LogP contribution in [0.2, 0.25) is 0 Å². The molecule has 126 valence electrons. The number of carboxylic acid groups (broad SMARTS) is 1. The van der Waals surface area contributed by atoms with Gasteiger partial charge in [0.05, 0.1) is 23.9 Å². The molecule has 0 aliphatic carbocycles. The Bertz CT molecular complexity index is 559. The van der Waals surface area contributed by atoms with Crippen LogP contribution in [0.5, 0.6) is 0 Å². The van der Waals surface area contributed by atoms with E-state index in [1.54, 1.807) is 0 Å². The number of carbonyl (C=O) groups is 1. The Hall–Kier alpha value is -1.57. The lowest BCUT2D eigenvalue weighted by Crippen LogP contribution is -2.41. The minimum Gasteiger partial charge on any atom is -0.465 e. The van der Waals surface area contributed by atoms with E-state index in [9.17, 15) is 4.79 Å². The molecule has 1 aromatic rings. The number of nitrogens with one attached hydrogen (secondary N) is 1. The fraction of sp³-hybridized carbons (Fsp3) is 0.562. The summed E-state index contributed by atoms with van der Waals surface area (Å²) in [6, 6.07) is 7.08. The van der Waals surface area contributed by atoms with Gasteiger partial charge in [-0.15, -0.1) is 0 Å². The average molecular weight is 321 g/mol. The molecule has 1 aliphatic heterocycles. The van der Waals surface area contributed by atoms with E-state index in [4.69, 9.17) is 19.2 Å². The molecule has 2 rings (SSSR count). The Morgan fingerprint density at radius 1 is 1.30 bits per heavy atom. The van der Waals surface area contributed by atoms with Crippen molar-refractivity contribution in [3.63, 3.8) is 0 Å². The third kappa shape index (κ3) is 3.86. The van der Waals surface area contributed by atoms with E-state index in [-0.39, 0.29) is 6.61 Å². The fourth-order valence-electron chi connectivity index (χ4n) is 2.44. The van der Waals surface area contributed by atoms with Gasteiger partial charge < -0.3 is 24.5 Å². The second-order valence-electron chi connectivity index (χ2n) is 6.72. The summed E-state index contributed by atoms with van der Waals surface area (Å²) in [5.74, 6) is 0. The van der Waals surface area contributed by atoms with Crippen LogP contribution < -0.4 is 10.8 Å². The molecule has 1 amide bonds. The van der Waals surface area contributed by atoms with Crippen molar-refractivity contribution in [2.24, 2.45) is 0 Å². The Morgan fingerprint density at radius 3 is 2.43 bits per heavy atom. The Kier molecular flexibility index (Phi) is 5.03. The van der Waals surface area contributed by atoms with Crippen LogP contribution in [0.3, 0.4) is 0 Å². The van der Waals surface area contributed by atoms with Gasteiger partial charge in [-0.1, -0.05) is 24.3 Å². The maximum Gasteiger partial charge on any atom is 0.494 e. The van der Waals surface area contributed by atoms with Gasteiger partial charge >= 0.3 is 13.2 Å². The number of hydrogen-bond acceptors (Lipinski definition) is 4. The summed E-state index contributed by atoms with van der Waals surface area (Å²) < 4.78 is 17.2. The minimum absolute atomic E-state index is 0.249. The Morgan fingerprint density at radius 2 is 1.91 bits per heavy atom. The second-order valence-corrected chi connectivity index (χ2v) is 6.72. The molecule has 1 atom stereocenters. The number of benzene rings is 1. The van der Waals surface area contributed by atoms with Crippen LogP contribution in [0.25, 0.3) is 0 Å². The van der Waals surface area contributed by atoms with Crippen LogP contribution in [0.1, 0.15) is 39.3 Å². The van der Waals surface area contributed by atoms with E-state index in [2.05, 4.69) is 5.32 Å². The molecule has 0 spiro atoms. The van der Waals surface area contributed by atoms with Gasteiger partial charge in [0, 0.05) is 7.11 Å². The van der Waals surface area contributed by atoms with Crippen LogP contribution in [0.15, 0.2) is 24.3 Å². The van der Waals surface area contributed by atoms with Crippen molar-refractivity contribution in [3.8, 4) is 0 Å². The molecular formula is C16H24BNO5. The number of methoxy groups -OCH3 is 1. The standard InChI is InChI=1S/C16H24BNO5/c1-15(2)16(3,4)23-17(22-15)12-8-6-7-11(9-12)13(10-21-5)18-14(19)20/h6-9,13,18H,10H2,1-5H3,(H,19,20). The molecule has 1 fully saturated rings. The van der Waals surface area contributed by atoms with Crippen LogP contribution >= 0.6 is 0 Å². The first kappa shape index (κ1) is 17.8. The second kappa shape index (κ2) is 6.51. The first-order chi connectivity index (χ1) is 10.7. The van der Waals surface area contributed by atoms with Gasteiger partial charge in [0.1, 0.15) is 0 Å². The molecule has 0 radical (unpaired) electrons. The smallest absolute Gasteiger partial charge is 0.465 e. The molecule has 1 aromatic carbocycles. The molecule has 1 saturated heterocycles. The highest BCUT2D eigenvalue weighted by molar-refractivity contribution is 6.62. The van der Waals surface area contributed by atoms with Crippen molar-refractivity contribution >= 4 is 18.7 Å². The number of amides is 1. The van der Waals surface area contributed by atoms with Gasteiger partial charge in [0.15, 0.2) is 0 Å². The van der Waals surface area contributed by atoms with Crippen molar-refractivity contribution < 1.29 is 23.9 Å². The Balaban J connectivity index is 2.24. The zero-order valence-corrected chi connectivity index (χ0v) is 14.3. The van der Waals surface area contributed by atoms with Crippen molar-refractivity contribution in [2.45, 2.75) is 44.9 Å². The normalized spacial score (nSPS) is 20.3. The SMILES string of the molecule is COCC(NC(=O)O)c1cccc(B2OC(C)(C)C(C)(C)O2)c1. The van der Waals surface area contributed by atoms with Gasteiger partial charge in [-0.25, -0.2) is 4.79 Å². The molecule has 6 nitrogen and oxygen atoms in total. The molecule has 2 N–H and O–H groups in total. The van der Waals surface area contributed by atoms with E-state index in [1.807, 2.05) is 52.0 Å². The molecule has 0 saturated carbocycles. The van der Waals surface area contributed by atoms with Crippen molar-refractivity contribution in [2.75, 3.05) is 13.7 Å². The van der Waals surface area contributed by atoms with Crippen LogP contribution in [0, 0.1) is 0 Å². The average Bonchev–Trinajstić information content (AvgIpc) is 2.67. The number of hydrogen-bond donors (Lipinski definition) is 2. The van der Waals surface area contributed by atoms with Gasteiger partial charge in [0.2, 0.25) is 0 Å². The summed E-state index contributed by atoms with van der Waals surface area (Å²) in [6.45, 7) is 8.24. The summed E-state index contributed by atoms with van der Waals surface area (Å²) >= 11 is 0. The highest BCUT2D eigenvalue weighted by Gasteiger charge is 2.51. The van der Waals surface area contributed by atoms with Crippen LogP contribution in [-0.4, -0.2) is 43.2 Å². The zero-order chi connectivity index (χ0) is 17.3. The maximum atomic E-state index is 11.0. The van der Waals surface area contributed by atoms with Crippen LogP contribution in [-0.2, 0) is 14.0 Å². The number of rotatable bonds is 5. The van der Waals surface area contributed by atoms with Gasteiger partial charge in [-0.2, -0.15) is 0 Å². The first-order valence-electron chi connectivity index (χ1n) is 7.60. The van der Waals surface area contributed by atoms with E-state index >= 15 is 0 Å². The topological polar surface area (TPSA) is 77.0 Å². The largest absolute Gasteiger partial charge is 0.494 e. The van der Waals surface area contributed by atoms with E-state index < -0.39 is 30.5 Å². The van der Waals surface area contributed by atoms with E-state index in [0.717, 1.165) is 11.0 Å². The molecule has 0 bridgehead atoms. The summed E-state index contributed by atoms with van der Waals surface area (Å²) in [5.41, 5.74) is 0.827. The van der Waals surface area contributed by atoms with Crippen molar-refractivity contribution in [3.05, 3.63) is 29.8 Å². The lowest BCUT2D eigenvalue weighted by Gasteiger charge is -2.32. The van der Waals surface area contributed by atoms with Gasteiger partial charge in [0.25, 0.3) is 0 Å². The van der Waals surface area contributed by atoms with Crippen molar-refractivity contribution in [1.29, 1.82) is 0 Å². The molecule has 7 heteroatoms. The third-order valence-electron chi connectivity index (χ3n) is 4.47. The highest BCUT2D eigenvalue weighted by atomic mass is 16.7. The summed E-state index contributed by atoms with van der Waals surface area (Å²) in [6.07, 6.45) is -1.09. The highest BCUT2D eigenvalue weighted by Crippen LogP contribution is 2.36.